The van der Waals surface area contributed by atoms with E-state index in [9.17, 15) is 8.42 Å². The third-order valence-corrected chi connectivity index (χ3v) is 5.46. The SMILES string of the molecule is Cc1cc(C2(S(N)(=O)=O)CC2)c2ccccc2c1. The monoisotopic (exact) mass is 261 g/mol. The van der Waals surface area contributed by atoms with Crippen molar-refractivity contribution in [3.63, 3.8) is 0 Å². The molecule has 0 saturated heterocycles. The fraction of sp³-hybridized carbons (Fsp3) is 0.286. The summed E-state index contributed by atoms with van der Waals surface area (Å²) in [4.78, 5) is 0. The molecule has 0 aromatic heterocycles. The summed E-state index contributed by atoms with van der Waals surface area (Å²) in [5.74, 6) is 0. The Morgan fingerprint density at radius 2 is 1.83 bits per heavy atom. The van der Waals surface area contributed by atoms with Gasteiger partial charge in [-0.2, -0.15) is 0 Å². The predicted molar refractivity (Wildman–Crippen MR) is 72.7 cm³/mol. The molecule has 3 nitrogen and oxygen atoms in total. The van der Waals surface area contributed by atoms with Crippen molar-refractivity contribution in [3.8, 4) is 0 Å². The maximum Gasteiger partial charge on any atom is 0.219 e. The van der Waals surface area contributed by atoms with Crippen LogP contribution in [0.1, 0.15) is 24.0 Å². The molecular formula is C14H15NO2S. The van der Waals surface area contributed by atoms with Crippen molar-refractivity contribution in [2.75, 3.05) is 0 Å². The fourth-order valence-corrected chi connectivity index (χ4v) is 3.80. The van der Waals surface area contributed by atoms with E-state index in [0.717, 1.165) is 21.9 Å². The van der Waals surface area contributed by atoms with E-state index in [1.165, 1.54) is 0 Å². The fourth-order valence-electron chi connectivity index (χ4n) is 2.66. The van der Waals surface area contributed by atoms with Gasteiger partial charge in [-0.15, -0.1) is 0 Å². The van der Waals surface area contributed by atoms with Gasteiger partial charge in [0.1, 0.15) is 4.75 Å². The summed E-state index contributed by atoms with van der Waals surface area (Å²) in [6, 6.07) is 11.9. The first-order valence-electron chi connectivity index (χ1n) is 5.96. The Bertz CT molecular complexity index is 731. The van der Waals surface area contributed by atoms with Crippen molar-refractivity contribution in [1.29, 1.82) is 0 Å². The van der Waals surface area contributed by atoms with Gasteiger partial charge in [0.2, 0.25) is 10.0 Å². The summed E-state index contributed by atoms with van der Waals surface area (Å²) in [6.07, 6.45) is 1.25. The summed E-state index contributed by atoms with van der Waals surface area (Å²) >= 11 is 0. The van der Waals surface area contributed by atoms with Gasteiger partial charge in [-0.25, -0.2) is 13.6 Å². The van der Waals surface area contributed by atoms with Crippen molar-refractivity contribution in [1.82, 2.24) is 0 Å². The largest absolute Gasteiger partial charge is 0.228 e. The quantitative estimate of drug-likeness (QED) is 0.902. The van der Waals surface area contributed by atoms with Crippen LogP contribution in [0, 0.1) is 6.92 Å². The average Bonchev–Trinajstić information content (AvgIpc) is 3.08. The summed E-state index contributed by atoms with van der Waals surface area (Å²) in [5, 5.41) is 7.49. The lowest BCUT2D eigenvalue weighted by Crippen LogP contribution is -2.28. The van der Waals surface area contributed by atoms with Gasteiger partial charge >= 0.3 is 0 Å². The van der Waals surface area contributed by atoms with Crippen LogP contribution in [0.5, 0.6) is 0 Å². The molecule has 1 aliphatic rings. The van der Waals surface area contributed by atoms with Gasteiger partial charge < -0.3 is 0 Å². The van der Waals surface area contributed by atoms with Gasteiger partial charge in [0.15, 0.2) is 0 Å². The minimum atomic E-state index is -3.55. The number of benzene rings is 2. The summed E-state index contributed by atoms with van der Waals surface area (Å²) < 4.78 is 22.8. The first-order chi connectivity index (χ1) is 8.44. The Morgan fingerprint density at radius 1 is 1.17 bits per heavy atom. The van der Waals surface area contributed by atoms with Crippen LogP contribution in [-0.4, -0.2) is 8.42 Å². The maximum atomic E-state index is 11.8. The molecule has 1 fully saturated rings. The van der Waals surface area contributed by atoms with Crippen molar-refractivity contribution in [2.24, 2.45) is 5.14 Å². The molecule has 1 saturated carbocycles. The lowest BCUT2D eigenvalue weighted by Gasteiger charge is -2.17. The maximum absolute atomic E-state index is 11.8. The number of primary sulfonamides is 1. The van der Waals surface area contributed by atoms with E-state index in [4.69, 9.17) is 5.14 Å². The molecule has 0 radical (unpaired) electrons. The Morgan fingerprint density at radius 3 is 2.44 bits per heavy atom. The van der Waals surface area contributed by atoms with Gasteiger partial charge in [0.05, 0.1) is 0 Å². The summed E-state index contributed by atoms with van der Waals surface area (Å²) in [6.45, 7) is 1.98. The number of nitrogens with two attached hydrogens (primary N) is 1. The van der Waals surface area contributed by atoms with E-state index in [1.807, 2.05) is 37.3 Å². The van der Waals surface area contributed by atoms with Crippen molar-refractivity contribution < 1.29 is 8.42 Å². The summed E-state index contributed by atoms with van der Waals surface area (Å²) in [7, 11) is -3.55. The second kappa shape index (κ2) is 3.56. The molecule has 0 unspecified atom stereocenters. The summed E-state index contributed by atoms with van der Waals surface area (Å²) in [5.41, 5.74) is 1.93. The average molecular weight is 261 g/mol. The van der Waals surface area contributed by atoms with E-state index >= 15 is 0 Å². The van der Waals surface area contributed by atoms with Gasteiger partial charge in [0.25, 0.3) is 0 Å². The number of aryl methyl sites for hydroxylation is 1. The molecule has 0 atom stereocenters. The zero-order valence-corrected chi connectivity index (χ0v) is 11.0. The van der Waals surface area contributed by atoms with E-state index in [-0.39, 0.29) is 0 Å². The highest BCUT2D eigenvalue weighted by atomic mass is 32.2. The Balaban J connectivity index is 2.37. The van der Waals surface area contributed by atoms with E-state index < -0.39 is 14.8 Å². The van der Waals surface area contributed by atoms with Crippen LogP contribution in [0.15, 0.2) is 36.4 Å². The smallest absolute Gasteiger partial charge is 0.219 e. The molecule has 0 heterocycles. The molecule has 0 spiro atoms. The molecular weight excluding hydrogens is 246 g/mol. The molecule has 94 valence electrons. The minimum Gasteiger partial charge on any atom is -0.228 e. The van der Waals surface area contributed by atoms with E-state index in [2.05, 4.69) is 6.07 Å². The Kier molecular flexibility index (Phi) is 2.31. The molecule has 2 aromatic rings. The van der Waals surface area contributed by atoms with Crippen molar-refractivity contribution in [2.45, 2.75) is 24.5 Å². The molecule has 4 heteroatoms. The van der Waals surface area contributed by atoms with Crippen LogP contribution in [0.25, 0.3) is 10.8 Å². The number of fused-ring (bicyclic) bond motifs is 1. The van der Waals surface area contributed by atoms with Crippen LogP contribution < -0.4 is 5.14 Å². The third-order valence-electron chi connectivity index (χ3n) is 3.75. The van der Waals surface area contributed by atoms with Crippen molar-refractivity contribution >= 4 is 20.8 Å². The number of hydrogen-bond donors (Lipinski definition) is 1. The molecule has 2 N–H and O–H groups in total. The van der Waals surface area contributed by atoms with Gasteiger partial charge in [-0.1, -0.05) is 42.0 Å². The van der Waals surface area contributed by atoms with Crippen LogP contribution in [0.2, 0.25) is 0 Å². The standard InChI is InChI=1S/C14H15NO2S/c1-10-8-11-4-2-3-5-12(11)13(9-10)14(6-7-14)18(15,16)17/h2-5,8-9H,6-7H2,1H3,(H2,15,16,17). The topological polar surface area (TPSA) is 60.2 Å². The van der Waals surface area contributed by atoms with Crippen LogP contribution >= 0.6 is 0 Å². The zero-order valence-electron chi connectivity index (χ0n) is 10.2. The molecule has 0 amide bonds. The van der Waals surface area contributed by atoms with Crippen molar-refractivity contribution in [3.05, 3.63) is 47.5 Å². The zero-order chi connectivity index (χ0) is 13.0. The van der Waals surface area contributed by atoms with Gasteiger partial charge in [-0.3, -0.25) is 0 Å². The molecule has 18 heavy (non-hydrogen) atoms. The number of rotatable bonds is 2. The first kappa shape index (κ1) is 11.7. The van der Waals surface area contributed by atoms with E-state index in [0.29, 0.717) is 12.8 Å². The molecule has 3 rings (SSSR count). The molecule has 1 aliphatic carbocycles. The lowest BCUT2D eigenvalue weighted by molar-refractivity contribution is 0.582. The number of hydrogen-bond acceptors (Lipinski definition) is 2. The first-order valence-corrected chi connectivity index (χ1v) is 7.51. The van der Waals surface area contributed by atoms with E-state index in [1.54, 1.807) is 0 Å². The van der Waals surface area contributed by atoms with Gasteiger partial charge in [-0.05, 0) is 36.1 Å². The highest BCUT2D eigenvalue weighted by Gasteiger charge is 2.55. The Hall–Kier alpha value is -1.39. The van der Waals surface area contributed by atoms with Crippen LogP contribution in [0.4, 0.5) is 0 Å². The molecule has 0 aliphatic heterocycles. The highest BCUT2D eigenvalue weighted by molar-refractivity contribution is 7.90. The second-order valence-corrected chi connectivity index (χ2v) is 6.94. The Labute approximate surface area is 107 Å². The minimum absolute atomic E-state index is 0.624. The van der Waals surface area contributed by atoms with Crippen LogP contribution in [-0.2, 0) is 14.8 Å². The highest BCUT2D eigenvalue weighted by Crippen LogP contribution is 2.53. The third kappa shape index (κ3) is 1.56. The molecule has 0 bridgehead atoms. The second-order valence-electron chi connectivity index (χ2n) is 5.07. The number of sulfonamides is 1. The predicted octanol–water partition coefficient (Wildman–Crippen LogP) is 2.43. The molecule has 2 aromatic carbocycles. The lowest BCUT2D eigenvalue weighted by atomic mass is 9.98. The van der Waals surface area contributed by atoms with Gasteiger partial charge in [0, 0.05) is 0 Å². The van der Waals surface area contributed by atoms with Crippen LogP contribution in [0.3, 0.4) is 0 Å². The normalized spacial score (nSPS) is 17.9.